The summed E-state index contributed by atoms with van der Waals surface area (Å²) in [6.45, 7) is 8.70. The van der Waals surface area contributed by atoms with Crippen molar-refractivity contribution in [1.29, 1.82) is 0 Å². The molecule has 0 saturated carbocycles. The molecule has 0 bridgehead atoms. The Balaban J connectivity index is 1.25. The van der Waals surface area contributed by atoms with Crippen molar-refractivity contribution < 1.29 is 4.79 Å². The number of nitrogens with zero attached hydrogens (tertiary/aromatic N) is 10. The molecular formula is C22H28N10O. The molecule has 5 rings (SSSR count). The van der Waals surface area contributed by atoms with E-state index >= 15 is 0 Å². The number of piperazine rings is 2. The maximum atomic E-state index is 13.1. The number of amides is 1. The first-order chi connectivity index (χ1) is 16.1. The number of tetrazole rings is 1. The van der Waals surface area contributed by atoms with Gasteiger partial charge in [-0.3, -0.25) is 4.79 Å². The molecule has 4 heterocycles. The van der Waals surface area contributed by atoms with Crippen LogP contribution in [0.4, 0.5) is 11.6 Å². The Bertz CT molecular complexity index is 1100. The van der Waals surface area contributed by atoms with E-state index in [9.17, 15) is 4.79 Å². The first-order valence-corrected chi connectivity index (χ1v) is 11.2. The summed E-state index contributed by atoms with van der Waals surface area (Å²) in [6.07, 6.45) is 1.52. The summed E-state index contributed by atoms with van der Waals surface area (Å²) in [6, 6.07) is 9.47. The number of aryl methyl sites for hydroxylation is 1. The minimum Gasteiger partial charge on any atom is -0.354 e. The molecule has 0 radical (unpaired) electrons. The van der Waals surface area contributed by atoms with Crippen molar-refractivity contribution in [1.82, 2.24) is 40.0 Å². The fourth-order valence-corrected chi connectivity index (χ4v) is 4.28. The summed E-state index contributed by atoms with van der Waals surface area (Å²) in [4.78, 5) is 31.3. The molecule has 1 amide bonds. The maximum absolute atomic E-state index is 13.1. The van der Waals surface area contributed by atoms with Crippen LogP contribution in [0, 0.1) is 6.92 Å². The van der Waals surface area contributed by atoms with Gasteiger partial charge in [0.2, 0.25) is 0 Å². The fourth-order valence-electron chi connectivity index (χ4n) is 4.28. The summed E-state index contributed by atoms with van der Waals surface area (Å²) >= 11 is 0. The number of carbonyl (C=O) groups excluding carboxylic acids is 1. The molecule has 0 N–H and O–H groups in total. The lowest BCUT2D eigenvalue weighted by molar-refractivity contribution is 0.0746. The number of rotatable bonds is 4. The van der Waals surface area contributed by atoms with Crippen molar-refractivity contribution >= 4 is 17.5 Å². The number of benzene rings is 1. The third-order valence-corrected chi connectivity index (χ3v) is 6.24. The van der Waals surface area contributed by atoms with Gasteiger partial charge in [0.25, 0.3) is 5.91 Å². The maximum Gasteiger partial charge on any atom is 0.254 e. The summed E-state index contributed by atoms with van der Waals surface area (Å²) in [5.41, 5.74) is 1.39. The second kappa shape index (κ2) is 9.10. The van der Waals surface area contributed by atoms with E-state index in [1.54, 1.807) is 4.68 Å². The second-order valence-electron chi connectivity index (χ2n) is 8.51. The van der Waals surface area contributed by atoms with E-state index in [4.69, 9.17) is 0 Å². The normalized spacial score (nSPS) is 17.5. The number of likely N-dealkylation sites (N-methyl/N-ethyl adjacent to an activating group) is 1. The molecule has 0 aliphatic carbocycles. The van der Waals surface area contributed by atoms with Crippen LogP contribution in [-0.2, 0) is 0 Å². The van der Waals surface area contributed by atoms with Gasteiger partial charge >= 0.3 is 0 Å². The molecule has 3 aromatic rings. The molecule has 1 aromatic carbocycles. The van der Waals surface area contributed by atoms with Gasteiger partial charge in [-0.15, -0.1) is 5.10 Å². The van der Waals surface area contributed by atoms with Crippen molar-refractivity contribution in [2.24, 2.45) is 0 Å². The lowest BCUT2D eigenvalue weighted by atomic mass is 10.1. The van der Waals surface area contributed by atoms with Crippen LogP contribution in [0.1, 0.15) is 16.2 Å². The molecule has 11 heteroatoms. The molecule has 2 aliphatic rings. The zero-order chi connectivity index (χ0) is 22.8. The number of anilines is 2. The monoisotopic (exact) mass is 448 g/mol. The topological polar surface area (TPSA) is 99.4 Å². The minimum atomic E-state index is 0.0153. The summed E-state index contributed by atoms with van der Waals surface area (Å²) in [5.74, 6) is 2.72. The highest BCUT2D eigenvalue weighted by atomic mass is 16.2. The lowest BCUT2D eigenvalue weighted by Gasteiger charge is -2.37. The quantitative estimate of drug-likeness (QED) is 0.564. The Morgan fingerprint density at radius 2 is 1.55 bits per heavy atom. The van der Waals surface area contributed by atoms with Gasteiger partial charge < -0.3 is 19.6 Å². The number of aromatic nitrogens is 6. The van der Waals surface area contributed by atoms with Gasteiger partial charge in [0, 0.05) is 64.0 Å². The van der Waals surface area contributed by atoms with Crippen LogP contribution in [0.3, 0.4) is 0 Å². The summed E-state index contributed by atoms with van der Waals surface area (Å²) < 4.78 is 1.55. The molecule has 2 saturated heterocycles. The average molecular weight is 449 g/mol. The van der Waals surface area contributed by atoms with Crippen molar-refractivity contribution in [3.8, 4) is 5.69 Å². The number of hydrogen-bond acceptors (Lipinski definition) is 9. The predicted octanol–water partition coefficient (Wildman–Crippen LogP) is 0.475. The van der Waals surface area contributed by atoms with Crippen LogP contribution in [0.5, 0.6) is 0 Å². The Labute approximate surface area is 192 Å². The molecule has 0 atom stereocenters. The Morgan fingerprint density at radius 1 is 0.879 bits per heavy atom. The van der Waals surface area contributed by atoms with Crippen LogP contribution in [-0.4, -0.2) is 105 Å². The lowest BCUT2D eigenvalue weighted by Crippen LogP contribution is -2.49. The predicted molar refractivity (Wildman–Crippen MR) is 124 cm³/mol. The van der Waals surface area contributed by atoms with Gasteiger partial charge in [-0.1, -0.05) is 6.07 Å². The molecule has 2 fully saturated rings. The molecule has 11 nitrogen and oxygen atoms in total. The molecule has 172 valence electrons. The third-order valence-electron chi connectivity index (χ3n) is 6.24. The van der Waals surface area contributed by atoms with Gasteiger partial charge in [-0.05, 0) is 42.6 Å². The van der Waals surface area contributed by atoms with Crippen molar-refractivity contribution in [2.75, 3.05) is 69.2 Å². The standard InChI is InChI=1S/C22H28N10O/c1-17-24-20(29-8-6-28(2)7-9-29)15-21(25-17)30-10-12-31(13-11-30)22(33)18-4-3-5-19(14-18)32-16-23-26-27-32/h3-5,14-16H,6-13H2,1-2H3. The van der Waals surface area contributed by atoms with Gasteiger partial charge in [0.15, 0.2) is 0 Å². The van der Waals surface area contributed by atoms with Crippen LogP contribution < -0.4 is 9.80 Å². The van der Waals surface area contributed by atoms with E-state index in [1.807, 2.05) is 36.1 Å². The van der Waals surface area contributed by atoms with Crippen molar-refractivity contribution in [3.05, 3.63) is 48.0 Å². The summed E-state index contributed by atoms with van der Waals surface area (Å²) in [7, 11) is 2.15. The van der Waals surface area contributed by atoms with E-state index in [2.05, 4.69) is 53.3 Å². The number of carbonyl (C=O) groups is 1. The fraction of sp³-hybridized carbons (Fsp3) is 0.455. The van der Waals surface area contributed by atoms with Gasteiger partial charge in [0.05, 0.1) is 5.69 Å². The third kappa shape index (κ3) is 4.63. The Hall–Kier alpha value is -3.60. The average Bonchev–Trinajstić information content (AvgIpc) is 3.39. The summed E-state index contributed by atoms with van der Waals surface area (Å²) in [5, 5.41) is 11.2. The first-order valence-electron chi connectivity index (χ1n) is 11.2. The SMILES string of the molecule is Cc1nc(N2CCN(C)CC2)cc(N2CCN(C(=O)c3cccc(-n4cnnn4)c3)CC2)n1. The van der Waals surface area contributed by atoms with Crippen molar-refractivity contribution in [3.63, 3.8) is 0 Å². The van der Waals surface area contributed by atoms with E-state index in [1.165, 1.54) is 6.33 Å². The highest BCUT2D eigenvalue weighted by Gasteiger charge is 2.25. The van der Waals surface area contributed by atoms with Crippen LogP contribution in [0.15, 0.2) is 36.7 Å². The Kier molecular flexibility index (Phi) is 5.86. The van der Waals surface area contributed by atoms with E-state index < -0.39 is 0 Å². The van der Waals surface area contributed by atoms with E-state index in [-0.39, 0.29) is 5.91 Å². The number of hydrogen-bond donors (Lipinski definition) is 0. The van der Waals surface area contributed by atoms with Crippen LogP contribution in [0.25, 0.3) is 5.69 Å². The van der Waals surface area contributed by atoms with Gasteiger partial charge in [-0.25, -0.2) is 14.6 Å². The first kappa shape index (κ1) is 21.3. The van der Waals surface area contributed by atoms with Gasteiger partial charge in [0.1, 0.15) is 23.8 Å². The molecular weight excluding hydrogens is 420 g/mol. The molecule has 2 aromatic heterocycles. The van der Waals surface area contributed by atoms with Crippen molar-refractivity contribution in [2.45, 2.75) is 6.92 Å². The zero-order valence-corrected chi connectivity index (χ0v) is 19.0. The second-order valence-corrected chi connectivity index (χ2v) is 8.51. The van der Waals surface area contributed by atoms with Crippen LogP contribution in [0.2, 0.25) is 0 Å². The van der Waals surface area contributed by atoms with E-state index in [0.29, 0.717) is 18.7 Å². The highest BCUT2D eigenvalue weighted by molar-refractivity contribution is 5.95. The highest BCUT2D eigenvalue weighted by Crippen LogP contribution is 2.22. The van der Waals surface area contributed by atoms with E-state index in [0.717, 1.165) is 62.4 Å². The molecule has 0 spiro atoms. The van der Waals surface area contributed by atoms with Crippen LogP contribution >= 0.6 is 0 Å². The molecule has 0 unspecified atom stereocenters. The minimum absolute atomic E-state index is 0.0153. The Morgan fingerprint density at radius 3 is 2.18 bits per heavy atom. The van der Waals surface area contributed by atoms with Gasteiger partial charge in [-0.2, -0.15) is 0 Å². The smallest absolute Gasteiger partial charge is 0.254 e. The largest absolute Gasteiger partial charge is 0.354 e. The molecule has 33 heavy (non-hydrogen) atoms. The molecule has 2 aliphatic heterocycles. The zero-order valence-electron chi connectivity index (χ0n) is 19.0.